The molecule has 5 heteroatoms. The Morgan fingerprint density at radius 1 is 0.923 bits per heavy atom. The number of nitrogens with two attached hydrogens (primary N) is 1. The zero-order valence-corrected chi connectivity index (χ0v) is 17.9. The first-order chi connectivity index (χ1) is 12.5. The number of ketones is 1. The molecule has 0 aliphatic rings. The van der Waals surface area contributed by atoms with Crippen LogP contribution in [0.4, 0.5) is 5.69 Å². The summed E-state index contributed by atoms with van der Waals surface area (Å²) >= 11 is 8.56. The van der Waals surface area contributed by atoms with Gasteiger partial charge in [-0.3, -0.25) is 4.79 Å². The van der Waals surface area contributed by atoms with Crippen molar-refractivity contribution in [2.24, 2.45) is 0 Å². The zero-order valence-electron chi connectivity index (χ0n) is 13.9. The lowest BCUT2D eigenvalue weighted by Gasteiger charge is -2.18. The average molecular weight is 491 g/mol. The number of benzene rings is 3. The Bertz CT molecular complexity index is 912. The number of Topliss-reactive ketones (excluding diaryl/α,β-unsaturated/α-hetero) is 1. The van der Waals surface area contributed by atoms with E-state index >= 15 is 0 Å². The van der Waals surface area contributed by atoms with Gasteiger partial charge in [-0.15, -0.1) is 11.8 Å². The summed E-state index contributed by atoms with van der Waals surface area (Å²) in [6.45, 7) is 0. The second kappa shape index (κ2) is 8.89. The van der Waals surface area contributed by atoms with E-state index in [1.54, 1.807) is 11.8 Å². The average Bonchev–Trinajstić information content (AvgIpc) is 2.63. The molecule has 0 bridgehead atoms. The highest BCUT2D eigenvalue weighted by Crippen LogP contribution is 2.41. The Balaban J connectivity index is 1.88. The van der Waals surface area contributed by atoms with Gasteiger partial charge in [-0.1, -0.05) is 68.3 Å². The zero-order chi connectivity index (χ0) is 18.5. The molecule has 0 amide bonds. The third kappa shape index (κ3) is 5.00. The van der Waals surface area contributed by atoms with E-state index in [-0.39, 0.29) is 11.0 Å². The number of rotatable bonds is 6. The minimum Gasteiger partial charge on any atom is -0.398 e. The fourth-order valence-corrected chi connectivity index (χ4v) is 4.46. The molecule has 26 heavy (non-hydrogen) atoms. The molecule has 0 saturated heterocycles. The fourth-order valence-electron chi connectivity index (χ4n) is 2.60. The van der Waals surface area contributed by atoms with Gasteiger partial charge in [0, 0.05) is 36.8 Å². The van der Waals surface area contributed by atoms with Crippen LogP contribution >= 0.6 is 43.6 Å². The second-order valence-electron chi connectivity index (χ2n) is 5.83. The Labute approximate surface area is 174 Å². The molecule has 0 aliphatic carbocycles. The van der Waals surface area contributed by atoms with Crippen molar-refractivity contribution in [3.8, 4) is 0 Å². The molecule has 2 nitrogen and oxygen atoms in total. The number of carbonyl (C=O) groups is 1. The molecule has 0 aliphatic heterocycles. The van der Waals surface area contributed by atoms with Crippen LogP contribution in [0.2, 0.25) is 0 Å². The minimum atomic E-state index is -0.0200. The van der Waals surface area contributed by atoms with Gasteiger partial charge in [0.15, 0.2) is 5.78 Å². The van der Waals surface area contributed by atoms with E-state index in [0.717, 1.165) is 30.7 Å². The molecule has 3 rings (SSSR count). The predicted octanol–water partition coefficient (Wildman–Crippen LogP) is 6.90. The maximum atomic E-state index is 12.8. The monoisotopic (exact) mass is 489 g/mol. The Morgan fingerprint density at radius 3 is 2.35 bits per heavy atom. The molecule has 3 aromatic carbocycles. The van der Waals surface area contributed by atoms with Crippen molar-refractivity contribution in [1.82, 2.24) is 0 Å². The highest BCUT2D eigenvalue weighted by molar-refractivity contribution is 9.10. The molecule has 0 radical (unpaired) electrons. The van der Waals surface area contributed by atoms with Crippen molar-refractivity contribution in [3.63, 3.8) is 0 Å². The SMILES string of the molecule is Nc1ccccc1S[C@H](CC(=O)c1ccc(Br)cc1)c1cccc(Br)c1. The highest BCUT2D eigenvalue weighted by atomic mass is 79.9. The largest absolute Gasteiger partial charge is 0.398 e. The molecule has 0 aromatic heterocycles. The smallest absolute Gasteiger partial charge is 0.164 e. The number of halogens is 2. The van der Waals surface area contributed by atoms with Crippen LogP contribution in [0.1, 0.15) is 27.6 Å². The van der Waals surface area contributed by atoms with E-state index in [1.807, 2.05) is 60.7 Å². The van der Waals surface area contributed by atoms with E-state index in [9.17, 15) is 4.79 Å². The molecule has 0 saturated carbocycles. The van der Waals surface area contributed by atoms with Gasteiger partial charge >= 0.3 is 0 Å². The lowest BCUT2D eigenvalue weighted by molar-refractivity contribution is 0.0982. The molecular formula is C21H17Br2NOS. The van der Waals surface area contributed by atoms with Gasteiger partial charge < -0.3 is 5.73 Å². The summed E-state index contributed by atoms with van der Waals surface area (Å²) in [7, 11) is 0. The van der Waals surface area contributed by atoms with Crippen molar-refractivity contribution in [3.05, 3.63) is 92.9 Å². The van der Waals surface area contributed by atoms with E-state index < -0.39 is 0 Å². The number of hydrogen-bond donors (Lipinski definition) is 1. The van der Waals surface area contributed by atoms with Crippen molar-refractivity contribution >= 4 is 55.1 Å². The summed E-state index contributed by atoms with van der Waals surface area (Å²) < 4.78 is 1.96. The standard InChI is InChI=1S/C21H17Br2NOS/c22-16-10-8-14(9-11-16)19(25)13-21(15-4-3-5-17(23)12-15)26-20-7-2-1-6-18(20)24/h1-12,21H,13,24H2/t21-/m1/s1. The summed E-state index contributed by atoms with van der Waals surface area (Å²) in [5.41, 5.74) is 8.66. The first kappa shape index (κ1) is 19.2. The fraction of sp³-hybridized carbons (Fsp3) is 0.0952. The van der Waals surface area contributed by atoms with Gasteiger partial charge in [0.05, 0.1) is 0 Å². The normalized spacial score (nSPS) is 11.9. The maximum Gasteiger partial charge on any atom is 0.164 e. The van der Waals surface area contributed by atoms with E-state index in [4.69, 9.17) is 5.73 Å². The molecule has 0 unspecified atom stereocenters. The van der Waals surface area contributed by atoms with Crippen LogP contribution in [0.15, 0.2) is 86.6 Å². The molecular weight excluding hydrogens is 474 g/mol. The Morgan fingerprint density at radius 2 is 1.65 bits per heavy atom. The molecule has 1 atom stereocenters. The lowest BCUT2D eigenvalue weighted by Crippen LogP contribution is -2.06. The predicted molar refractivity (Wildman–Crippen MR) is 117 cm³/mol. The number of anilines is 1. The molecule has 0 spiro atoms. The van der Waals surface area contributed by atoms with E-state index in [2.05, 4.69) is 44.0 Å². The quantitative estimate of drug-likeness (QED) is 0.232. The van der Waals surface area contributed by atoms with Crippen LogP contribution in [-0.4, -0.2) is 5.78 Å². The summed E-state index contributed by atoms with van der Waals surface area (Å²) in [6.07, 6.45) is 0.400. The maximum absolute atomic E-state index is 12.8. The van der Waals surface area contributed by atoms with Crippen molar-refractivity contribution in [2.75, 3.05) is 5.73 Å². The van der Waals surface area contributed by atoms with Crippen LogP contribution in [0, 0.1) is 0 Å². The number of nitrogen functional groups attached to an aromatic ring is 1. The summed E-state index contributed by atoms with van der Waals surface area (Å²) in [5, 5.41) is -0.0200. The lowest BCUT2D eigenvalue weighted by atomic mass is 10.0. The second-order valence-corrected chi connectivity index (χ2v) is 8.91. The molecule has 2 N–H and O–H groups in total. The molecule has 0 heterocycles. The Hall–Kier alpha value is -1.56. The first-order valence-corrected chi connectivity index (χ1v) is 10.5. The topological polar surface area (TPSA) is 43.1 Å². The van der Waals surface area contributed by atoms with Gasteiger partial charge in [-0.05, 0) is 42.0 Å². The van der Waals surface area contributed by atoms with Crippen LogP contribution in [-0.2, 0) is 0 Å². The van der Waals surface area contributed by atoms with E-state index in [0.29, 0.717) is 6.42 Å². The number of para-hydroxylation sites is 1. The highest BCUT2D eigenvalue weighted by Gasteiger charge is 2.20. The molecule has 3 aromatic rings. The van der Waals surface area contributed by atoms with Crippen LogP contribution in [0.25, 0.3) is 0 Å². The van der Waals surface area contributed by atoms with Gasteiger partial charge in [-0.2, -0.15) is 0 Å². The van der Waals surface area contributed by atoms with Crippen molar-refractivity contribution < 1.29 is 4.79 Å². The van der Waals surface area contributed by atoms with Gasteiger partial charge in [0.1, 0.15) is 0 Å². The number of thioether (sulfide) groups is 1. The summed E-state index contributed by atoms with van der Waals surface area (Å²) in [5.74, 6) is 0.115. The summed E-state index contributed by atoms with van der Waals surface area (Å²) in [6, 6.07) is 23.3. The van der Waals surface area contributed by atoms with E-state index in [1.165, 1.54) is 0 Å². The molecule has 0 fully saturated rings. The third-order valence-corrected chi connectivity index (χ3v) is 6.32. The van der Waals surface area contributed by atoms with Gasteiger partial charge in [0.25, 0.3) is 0 Å². The van der Waals surface area contributed by atoms with Crippen LogP contribution in [0.3, 0.4) is 0 Å². The van der Waals surface area contributed by atoms with Crippen molar-refractivity contribution in [1.29, 1.82) is 0 Å². The number of carbonyl (C=O) groups excluding carboxylic acids is 1. The minimum absolute atomic E-state index is 0.0200. The van der Waals surface area contributed by atoms with Crippen molar-refractivity contribution in [2.45, 2.75) is 16.6 Å². The number of hydrogen-bond acceptors (Lipinski definition) is 3. The molecule has 132 valence electrons. The van der Waals surface area contributed by atoms with Crippen LogP contribution < -0.4 is 5.73 Å². The van der Waals surface area contributed by atoms with Gasteiger partial charge in [0.2, 0.25) is 0 Å². The third-order valence-electron chi connectivity index (χ3n) is 3.95. The van der Waals surface area contributed by atoms with Gasteiger partial charge in [-0.25, -0.2) is 0 Å². The Kier molecular flexibility index (Phi) is 6.57. The first-order valence-electron chi connectivity index (χ1n) is 8.08. The summed E-state index contributed by atoms with van der Waals surface area (Å²) in [4.78, 5) is 13.8. The van der Waals surface area contributed by atoms with Crippen LogP contribution in [0.5, 0.6) is 0 Å².